The molecule has 0 radical (unpaired) electrons. The lowest BCUT2D eigenvalue weighted by Gasteiger charge is -2.01. The molecule has 1 heterocycles. The molecule has 0 bridgehead atoms. The van der Waals surface area contributed by atoms with Crippen LogP contribution in [0.3, 0.4) is 0 Å². The summed E-state index contributed by atoms with van der Waals surface area (Å²) < 4.78 is 1.96. The predicted octanol–water partition coefficient (Wildman–Crippen LogP) is 2.49. The summed E-state index contributed by atoms with van der Waals surface area (Å²) in [4.78, 5) is 0. The van der Waals surface area contributed by atoms with Gasteiger partial charge < -0.3 is 5.32 Å². The minimum absolute atomic E-state index is 0.884. The average Bonchev–Trinajstić information content (AvgIpc) is 2.81. The van der Waals surface area contributed by atoms with Gasteiger partial charge in [0.15, 0.2) is 0 Å². The van der Waals surface area contributed by atoms with Gasteiger partial charge in [-0.25, -0.2) is 0 Å². The van der Waals surface area contributed by atoms with Crippen LogP contribution >= 0.6 is 0 Å². The number of nitrogens with zero attached hydrogens (tertiary/aromatic N) is 2. The molecule has 0 fully saturated rings. The second kappa shape index (κ2) is 6.77. The van der Waals surface area contributed by atoms with Gasteiger partial charge in [-0.15, -0.1) is 0 Å². The number of benzene rings is 1. The molecular formula is C15H19N3. The van der Waals surface area contributed by atoms with Crippen LogP contribution in [0.4, 0.5) is 0 Å². The molecule has 3 nitrogen and oxygen atoms in total. The number of nitrogens with one attached hydrogen (secondary N) is 1. The number of rotatable bonds is 6. The molecule has 1 aromatic carbocycles. The second-order valence-corrected chi connectivity index (χ2v) is 4.30. The Morgan fingerprint density at radius 3 is 2.83 bits per heavy atom. The maximum Gasteiger partial charge on any atom is 0.0534 e. The zero-order valence-electron chi connectivity index (χ0n) is 10.7. The van der Waals surface area contributed by atoms with Crippen molar-refractivity contribution in [3.05, 3.63) is 59.9 Å². The van der Waals surface area contributed by atoms with Crippen LogP contribution in [0.25, 0.3) is 6.08 Å². The number of aromatic nitrogens is 2. The van der Waals surface area contributed by atoms with Gasteiger partial charge in [-0.3, -0.25) is 4.68 Å². The van der Waals surface area contributed by atoms with Gasteiger partial charge in [-0.2, -0.15) is 5.10 Å². The summed E-state index contributed by atoms with van der Waals surface area (Å²) in [6.45, 7) is 4.78. The highest BCUT2D eigenvalue weighted by Gasteiger charge is 1.92. The van der Waals surface area contributed by atoms with Crippen LogP contribution in [-0.2, 0) is 6.54 Å². The molecule has 2 aromatic rings. The van der Waals surface area contributed by atoms with Crippen molar-refractivity contribution in [1.82, 2.24) is 15.1 Å². The highest BCUT2D eigenvalue weighted by Crippen LogP contribution is 1.99. The molecule has 0 amide bonds. The average molecular weight is 241 g/mol. The van der Waals surface area contributed by atoms with E-state index in [0.717, 1.165) is 19.6 Å². The zero-order valence-corrected chi connectivity index (χ0v) is 10.7. The lowest BCUT2D eigenvalue weighted by atomic mass is 10.2. The highest BCUT2D eigenvalue weighted by molar-refractivity contribution is 5.48. The van der Waals surface area contributed by atoms with Crippen molar-refractivity contribution in [1.29, 1.82) is 0 Å². The Labute approximate surface area is 108 Å². The third-order valence-electron chi connectivity index (χ3n) is 2.65. The van der Waals surface area contributed by atoms with Crippen LogP contribution in [0.15, 0.2) is 48.8 Å². The summed E-state index contributed by atoms with van der Waals surface area (Å²) >= 11 is 0. The Bertz CT molecular complexity index is 485. The molecule has 0 spiro atoms. The van der Waals surface area contributed by atoms with E-state index in [4.69, 9.17) is 0 Å². The van der Waals surface area contributed by atoms with Crippen LogP contribution in [0, 0.1) is 6.92 Å². The first-order valence-corrected chi connectivity index (χ1v) is 6.26. The van der Waals surface area contributed by atoms with E-state index in [1.165, 1.54) is 11.1 Å². The van der Waals surface area contributed by atoms with Gasteiger partial charge in [0.05, 0.1) is 12.7 Å². The first kappa shape index (κ1) is 12.6. The van der Waals surface area contributed by atoms with Crippen molar-refractivity contribution >= 4 is 6.08 Å². The molecule has 0 aliphatic rings. The van der Waals surface area contributed by atoms with Crippen LogP contribution in [0.1, 0.15) is 11.1 Å². The quantitative estimate of drug-likeness (QED) is 0.787. The highest BCUT2D eigenvalue weighted by atomic mass is 15.3. The van der Waals surface area contributed by atoms with Gasteiger partial charge in [-0.1, -0.05) is 42.5 Å². The summed E-state index contributed by atoms with van der Waals surface area (Å²) in [7, 11) is 0. The van der Waals surface area contributed by atoms with Crippen LogP contribution in [0.5, 0.6) is 0 Å². The molecule has 1 aromatic heterocycles. The van der Waals surface area contributed by atoms with Gasteiger partial charge in [-0.05, 0) is 18.1 Å². The second-order valence-electron chi connectivity index (χ2n) is 4.30. The van der Waals surface area contributed by atoms with Crippen LogP contribution in [-0.4, -0.2) is 22.9 Å². The van der Waals surface area contributed by atoms with Crippen molar-refractivity contribution in [3.63, 3.8) is 0 Å². The summed E-state index contributed by atoms with van der Waals surface area (Å²) in [5, 5.41) is 7.61. The molecule has 18 heavy (non-hydrogen) atoms. The van der Waals surface area contributed by atoms with E-state index in [1.54, 1.807) is 0 Å². The smallest absolute Gasteiger partial charge is 0.0534 e. The van der Waals surface area contributed by atoms with Gasteiger partial charge in [0.2, 0.25) is 0 Å². The first-order valence-electron chi connectivity index (χ1n) is 6.26. The molecule has 0 aliphatic carbocycles. The van der Waals surface area contributed by atoms with Crippen molar-refractivity contribution in [2.45, 2.75) is 13.5 Å². The topological polar surface area (TPSA) is 29.9 Å². The maximum absolute atomic E-state index is 4.24. The molecular weight excluding hydrogens is 222 g/mol. The van der Waals surface area contributed by atoms with Crippen LogP contribution in [0.2, 0.25) is 0 Å². The molecule has 0 aliphatic heterocycles. The van der Waals surface area contributed by atoms with Crippen molar-refractivity contribution in [2.75, 3.05) is 13.1 Å². The van der Waals surface area contributed by atoms with E-state index >= 15 is 0 Å². The Morgan fingerprint density at radius 1 is 1.28 bits per heavy atom. The third kappa shape index (κ3) is 4.18. The van der Waals surface area contributed by atoms with Gasteiger partial charge in [0.1, 0.15) is 0 Å². The predicted molar refractivity (Wildman–Crippen MR) is 75.3 cm³/mol. The van der Waals surface area contributed by atoms with Crippen molar-refractivity contribution in [3.8, 4) is 0 Å². The van der Waals surface area contributed by atoms with Gasteiger partial charge in [0, 0.05) is 19.3 Å². The fourth-order valence-electron chi connectivity index (χ4n) is 1.73. The lowest BCUT2D eigenvalue weighted by molar-refractivity contribution is 0.573. The SMILES string of the molecule is Cc1cnn(CCNCC=Cc2ccccc2)c1. The number of hydrogen-bond acceptors (Lipinski definition) is 2. The fourth-order valence-corrected chi connectivity index (χ4v) is 1.73. The zero-order chi connectivity index (χ0) is 12.6. The summed E-state index contributed by atoms with van der Waals surface area (Å²) in [5.41, 5.74) is 2.45. The molecule has 0 unspecified atom stereocenters. The maximum atomic E-state index is 4.24. The molecule has 3 heteroatoms. The lowest BCUT2D eigenvalue weighted by Crippen LogP contribution is -2.20. The Kier molecular flexibility index (Phi) is 4.73. The van der Waals surface area contributed by atoms with E-state index in [0.29, 0.717) is 0 Å². The first-order chi connectivity index (χ1) is 8.84. The van der Waals surface area contributed by atoms with E-state index < -0.39 is 0 Å². The Balaban J connectivity index is 1.63. The van der Waals surface area contributed by atoms with Crippen molar-refractivity contribution < 1.29 is 0 Å². The third-order valence-corrected chi connectivity index (χ3v) is 2.65. The minimum Gasteiger partial charge on any atom is -0.311 e. The molecule has 1 N–H and O–H groups in total. The van der Waals surface area contributed by atoms with Crippen LogP contribution < -0.4 is 5.32 Å². The van der Waals surface area contributed by atoms with E-state index in [9.17, 15) is 0 Å². The normalized spacial score (nSPS) is 11.2. The van der Waals surface area contributed by atoms with Gasteiger partial charge in [0.25, 0.3) is 0 Å². The molecule has 0 saturated heterocycles. The Hall–Kier alpha value is -1.87. The monoisotopic (exact) mass is 241 g/mol. The molecule has 2 rings (SSSR count). The van der Waals surface area contributed by atoms with E-state index in [2.05, 4.69) is 47.8 Å². The Morgan fingerprint density at radius 2 is 2.11 bits per heavy atom. The summed E-state index contributed by atoms with van der Waals surface area (Å²) in [6.07, 6.45) is 8.21. The number of hydrogen-bond donors (Lipinski definition) is 1. The largest absolute Gasteiger partial charge is 0.311 e. The summed E-state index contributed by atoms with van der Waals surface area (Å²) in [6, 6.07) is 10.3. The number of aryl methyl sites for hydroxylation is 1. The van der Waals surface area contributed by atoms with Crippen molar-refractivity contribution in [2.24, 2.45) is 0 Å². The summed E-state index contributed by atoms with van der Waals surface area (Å²) in [5.74, 6) is 0. The van der Waals surface area contributed by atoms with Gasteiger partial charge >= 0.3 is 0 Å². The van der Waals surface area contributed by atoms with E-state index in [1.807, 2.05) is 29.1 Å². The minimum atomic E-state index is 0.884. The fraction of sp³-hybridized carbons (Fsp3) is 0.267. The molecule has 0 saturated carbocycles. The molecule has 0 atom stereocenters. The standard InChI is InChI=1S/C15H19N3/c1-14-12-17-18(13-14)11-10-16-9-5-8-15-6-3-2-4-7-15/h2-8,12-13,16H,9-11H2,1H3. The van der Waals surface area contributed by atoms with E-state index in [-0.39, 0.29) is 0 Å². The molecule has 94 valence electrons.